The second-order valence-electron chi connectivity index (χ2n) is 7.15. The van der Waals surface area contributed by atoms with Crippen LogP contribution < -0.4 is 0 Å². The Bertz CT molecular complexity index is 1030. The number of H-pyrrole nitrogens is 1. The van der Waals surface area contributed by atoms with Crippen molar-refractivity contribution in [2.45, 2.75) is 44.2 Å². The fourth-order valence-electron chi connectivity index (χ4n) is 3.20. The Morgan fingerprint density at radius 1 is 1.37 bits per heavy atom. The monoisotopic (exact) mass is 390 g/mol. The van der Waals surface area contributed by atoms with Gasteiger partial charge in [0.05, 0.1) is 58.0 Å². The molecule has 9 nitrogen and oxygen atoms in total. The average molecular weight is 390 g/mol. The highest BCUT2D eigenvalue weighted by atomic mass is 32.2. The number of hydrogen-bond acceptors (Lipinski definition) is 5. The second-order valence-corrected chi connectivity index (χ2v) is 9.38. The zero-order chi connectivity index (χ0) is 19.2. The van der Waals surface area contributed by atoms with E-state index in [0.717, 1.165) is 24.2 Å². The number of rotatable bonds is 4. The first-order valence-corrected chi connectivity index (χ1v) is 10.8. The standard InChI is InChI=1S/C17H22N6O3S/c1-11-13(19-10-18-11)7-16(24)22-5-6-23-14(9-22)15(8-20-23)27(2,26)21-17(25)12-3-4-12/h8,10,12H,3-7,9H2,1-2H3,(H,18,19). The lowest BCUT2D eigenvalue weighted by molar-refractivity contribution is -0.132. The smallest absolute Gasteiger partial charge is 0.257 e. The minimum Gasteiger partial charge on any atom is -0.348 e. The van der Waals surface area contributed by atoms with E-state index < -0.39 is 9.73 Å². The van der Waals surface area contributed by atoms with Gasteiger partial charge in [-0.15, -0.1) is 0 Å². The minimum atomic E-state index is -2.88. The summed E-state index contributed by atoms with van der Waals surface area (Å²) in [7, 11) is -2.88. The van der Waals surface area contributed by atoms with Crippen LogP contribution in [0.1, 0.15) is 29.9 Å². The van der Waals surface area contributed by atoms with Gasteiger partial charge in [-0.1, -0.05) is 0 Å². The van der Waals surface area contributed by atoms with Crippen molar-refractivity contribution >= 4 is 21.5 Å². The maximum atomic E-state index is 13.1. The largest absolute Gasteiger partial charge is 0.348 e. The summed E-state index contributed by atoms with van der Waals surface area (Å²) >= 11 is 0. The fraction of sp³-hybridized carbons (Fsp3) is 0.529. The summed E-state index contributed by atoms with van der Waals surface area (Å²) in [6, 6.07) is 0. The highest BCUT2D eigenvalue weighted by molar-refractivity contribution is 7.93. The molecule has 1 atom stereocenters. The second kappa shape index (κ2) is 6.59. The molecule has 4 rings (SSSR count). The zero-order valence-electron chi connectivity index (χ0n) is 15.3. The fourth-order valence-corrected chi connectivity index (χ4v) is 4.64. The van der Waals surface area contributed by atoms with E-state index in [1.165, 1.54) is 12.5 Å². The lowest BCUT2D eigenvalue weighted by Crippen LogP contribution is -2.39. The molecule has 1 aliphatic carbocycles. The molecule has 0 spiro atoms. The van der Waals surface area contributed by atoms with Gasteiger partial charge >= 0.3 is 0 Å². The van der Waals surface area contributed by atoms with Crippen LogP contribution >= 0.6 is 0 Å². The number of aromatic amines is 1. The van der Waals surface area contributed by atoms with Gasteiger partial charge < -0.3 is 9.88 Å². The molecule has 1 aliphatic heterocycles. The summed E-state index contributed by atoms with van der Waals surface area (Å²) in [6.45, 7) is 3.23. The summed E-state index contributed by atoms with van der Waals surface area (Å²) in [4.78, 5) is 34.0. The van der Waals surface area contributed by atoms with Crippen molar-refractivity contribution in [3.63, 3.8) is 0 Å². The van der Waals surface area contributed by atoms with Crippen molar-refractivity contribution in [1.82, 2.24) is 24.6 Å². The van der Waals surface area contributed by atoms with Gasteiger partial charge in [0.15, 0.2) is 0 Å². The molecule has 0 bridgehead atoms. The summed E-state index contributed by atoms with van der Waals surface area (Å²) in [5.74, 6) is -0.412. The molecule has 27 heavy (non-hydrogen) atoms. The minimum absolute atomic E-state index is 0.0443. The van der Waals surface area contributed by atoms with Gasteiger partial charge in [-0.2, -0.15) is 9.46 Å². The first kappa shape index (κ1) is 17.9. The summed E-state index contributed by atoms with van der Waals surface area (Å²) < 4.78 is 18.8. The average Bonchev–Trinajstić information content (AvgIpc) is 3.27. The van der Waals surface area contributed by atoms with E-state index in [2.05, 4.69) is 19.4 Å². The van der Waals surface area contributed by atoms with Crippen LogP contribution in [0.3, 0.4) is 0 Å². The van der Waals surface area contributed by atoms with Crippen LogP contribution in [0.5, 0.6) is 0 Å². The Morgan fingerprint density at radius 2 is 2.15 bits per heavy atom. The summed E-state index contributed by atoms with van der Waals surface area (Å²) in [5, 5.41) is 4.29. The maximum Gasteiger partial charge on any atom is 0.257 e. The molecule has 1 saturated carbocycles. The van der Waals surface area contributed by atoms with E-state index in [9.17, 15) is 13.8 Å². The van der Waals surface area contributed by atoms with Crippen molar-refractivity contribution in [3.8, 4) is 0 Å². The molecule has 0 radical (unpaired) electrons. The molecule has 1 unspecified atom stereocenters. The molecular formula is C17H22N6O3S. The molecule has 1 N–H and O–H groups in total. The predicted molar refractivity (Wildman–Crippen MR) is 97.2 cm³/mol. The van der Waals surface area contributed by atoms with Crippen LogP contribution in [-0.2, 0) is 38.8 Å². The summed E-state index contributed by atoms with van der Waals surface area (Å²) in [6.07, 6.45) is 6.42. The van der Waals surface area contributed by atoms with Gasteiger partial charge in [-0.05, 0) is 19.8 Å². The van der Waals surface area contributed by atoms with Crippen molar-refractivity contribution in [1.29, 1.82) is 0 Å². The zero-order valence-corrected chi connectivity index (χ0v) is 16.2. The van der Waals surface area contributed by atoms with Crippen LogP contribution in [-0.4, -0.2) is 53.5 Å². The SMILES string of the molecule is Cc1[nH]cnc1CC(=O)N1CCn2ncc(S(C)(=O)=NC(=O)C3CC3)c2C1. The molecule has 1 fully saturated rings. The predicted octanol–water partition coefficient (Wildman–Crippen LogP) is 0.893. The maximum absolute atomic E-state index is 13.1. The lowest BCUT2D eigenvalue weighted by atomic mass is 10.2. The highest BCUT2D eigenvalue weighted by Crippen LogP contribution is 2.31. The quantitative estimate of drug-likeness (QED) is 0.833. The van der Waals surface area contributed by atoms with Crippen LogP contribution in [0.4, 0.5) is 0 Å². The summed E-state index contributed by atoms with van der Waals surface area (Å²) in [5.41, 5.74) is 2.29. The third kappa shape index (κ3) is 3.53. The molecule has 2 aromatic heterocycles. The Balaban J connectivity index is 1.56. The first-order valence-electron chi connectivity index (χ1n) is 8.92. The number of aryl methyl sites for hydroxylation is 1. The van der Waals surface area contributed by atoms with Gasteiger partial charge in [0.25, 0.3) is 5.91 Å². The first-order chi connectivity index (χ1) is 12.8. The molecule has 144 valence electrons. The number of hydrogen-bond donors (Lipinski definition) is 1. The van der Waals surface area contributed by atoms with Gasteiger partial charge in [-0.25, -0.2) is 9.19 Å². The van der Waals surface area contributed by atoms with Gasteiger partial charge in [0.1, 0.15) is 0 Å². The van der Waals surface area contributed by atoms with E-state index in [-0.39, 0.29) is 24.2 Å². The molecule has 2 amide bonds. The molecule has 0 aromatic carbocycles. The Labute approximate surface area is 157 Å². The van der Waals surface area contributed by atoms with Crippen LogP contribution in [0.25, 0.3) is 0 Å². The van der Waals surface area contributed by atoms with E-state index in [4.69, 9.17) is 0 Å². The number of amides is 2. The van der Waals surface area contributed by atoms with E-state index in [1.807, 2.05) is 6.92 Å². The molecule has 0 saturated heterocycles. The number of nitrogens with one attached hydrogen (secondary N) is 1. The third-order valence-corrected chi connectivity index (χ3v) is 6.72. The van der Waals surface area contributed by atoms with Crippen LogP contribution in [0.2, 0.25) is 0 Å². The molecule has 10 heteroatoms. The van der Waals surface area contributed by atoms with Crippen LogP contribution in [0.15, 0.2) is 21.8 Å². The van der Waals surface area contributed by atoms with Crippen molar-refractivity contribution in [2.75, 3.05) is 12.8 Å². The van der Waals surface area contributed by atoms with Gasteiger partial charge in [-0.3, -0.25) is 14.3 Å². The number of carbonyl (C=O) groups is 2. The van der Waals surface area contributed by atoms with Crippen molar-refractivity contribution in [2.24, 2.45) is 10.3 Å². The topological polar surface area (TPSA) is 113 Å². The van der Waals surface area contributed by atoms with Crippen molar-refractivity contribution in [3.05, 3.63) is 29.6 Å². The van der Waals surface area contributed by atoms with E-state index >= 15 is 0 Å². The number of carbonyl (C=O) groups excluding carboxylic acids is 2. The van der Waals surface area contributed by atoms with Crippen LogP contribution in [0, 0.1) is 12.8 Å². The Hall–Kier alpha value is -2.49. The molecule has 2 aliphatic rings. The van der Waals surface area contributed by atoms with E-state index in [0.29, 0.717) is 30.2 Å². The molecule has 3 heterocycles. The normalized spacial score (nSPS) is 18.7. The molecular weight excluding hydrogens is 368 g/mol. The van der Waals surface area contributed by atoms with E-state index in [1.54, 1.807) is 15.9 Å². The number of nitrogens with zero attached hydrogens (tertiary/aromatic N) is 5. The van der Waals surface area contributed by atoms with Crippen molar-refractivity contribution < 1.29 is 13.8 Å². The number of imidazole rings is 1. The molecule has 2 aromatic rings. The van der Waals surface area contributed by atoms with Gasteiger partial charge in [0, 0.05) is 24.4 Å². The third-order valence-electron chi connectivity index (χ3n) is 5.04. The number of fused-ring (bicyclic) bond motifs is 1. The lowest BCUT2D eigenvalue weighted by Gasteiger charge is -2.28. The number of aromatic nitrogens is 4. The Morgan fingerprint density at radius 3 is 2.81 bits per heavy atom. The van der Waals surface area contributed by atoms with Gasteiger partial charge in [0.2, 0.25) is 5.91 Å². The Kier molecular flexibility index (Phi) is 4.37. The highest BCUT2D eigenvalue weighted by Gasteiger charge is 2.32.